The van der Waals surface area contributed by atoms with Crippen LogP contribution in [0.3, 0.4) is 0 Å². The number of carbonyl (C=O) groups is 4. The molecule has 0 aliphatic rings. The second-order valence-corrected chi connectivity index (χ2v) is 30.0. The number of unbranched alkanes of at least 4 members (excludes halogenated alkanes) is 32. The number of carbonyl (C=O) groups excluding carboxylic acids is 4. The van der Waals surface area contributed by atoms with Crippen molar-refractivity contribution in [3.05, 3.63) is 0 Å². The van der Waals surface area contributed by atoms with Gasteiger partial charge in [-0.2, -0.15) is 0 Å². The van der Waals surface area contributed by atoms with E-state index in [0.717, 1.165) is 114 Å². The summed E-state index contributed by atoms with van der Waals surface area (Å²) in [7, 11) is -9.90. The monoisotopic (exact) mass is 1320 g/mol. The summed E-state index contributed by atoms with van der Waals surface area (Å²) in [6.07, 6.45) is 43.1. The summed E-state index contributed by atoms with van der Waals surface area (Å²) in [5.74, 6) is 0.890. The summed E-state index contributed by atoms with van der Waals surface area (Å²) < 4.78 is 68.3. The molecule has 0 saturated heterocycles. The predicted molar refractivity (Wildman–Crippen MR) is 363 cm³/mol. The second-order valence-electron chi connectivity index (χ2n) is 27.1. The van der Waals surface area contributed by atoms with E-state index in [4.69, 9.17) is 37.0 Å². The molecule has 0 fully saturated rings. The maximum absolute atomic E-state index is 13.0. The van der Waals surface area contributed by atoms with Crippen LogP contribution in [0, 0.1) is 23.7 Å². The summed E-state index contributed by atoms with van der Waals surface area (Å²) in [6.45, 7) is 14.1. The second kappa shape index (κ2) is 60.7. The van der Waals surface area contributed by atoms with Crippen molar-refractivity contribution in [1.82, 2.24) is 0 Å². The summed E-state index contributed by atoms with van der Waals surface area (Å²) in [6, 6.07) is 0. The lowest BCUT2D eigenvalue weighted by Gasteiger charge is -2.21. The summed E-state index contributed by atoms with van der Waals surface area (Å²) in [5.41, 5.74) is 0. The van der Waals surface area contributed by atoms with Crippen molar-refractivity contribution in [2.75, 3.05) is 39.6 Å². The van der Waals surface area contributed by atoms with Gasteiger partial charge in [0.2, 0.25) is 0 Å². The van der Waals surface area contributed by atoms with Crippen LogP contribution in [0.2, 0.25) is 0 Å². The highest BCUT2D eigenvalue weighted by Crippen LogP contribution is 2.45. The Labute approximate surface area is 549 Å². The molecule has 0 radical (unpaired) electrons. The summed E-state index contributed by atoms with van der Waals surface area (Å²) >= 11 is 0. The maximum atomic E-state index is 13.0. The molecule has 0 amide bonds. The Balaban J connectivity index is 5.25. The molecular formula is C71H138O17P2. The Morgan fingerprint density at radius 3 is 0.789 bits per heavy atom. The SMILES string of the molecule is CCC(C)CCCCCCCCCCCCC(=O)O[C@H](COC(=O)CCCCCCCCCCCCCCCC(C)C)COP(=O)(O)OC[C@@H](O)COP(=O)(O)OC[C@@H](COC(=O)CCCCCCCCC(C)CC)OC(=O)CCCCCCCCCC(C)C. The van der Waals surface area contributed by atoms with E-state index in [9.17, 15) is 43.2 Å². The van der Waals surface area contributed by atoms with Crippen molar-refractivity contribution in [3.63, 3.8) is 0 Å². The van der Waals surface area contributed by atoms with Crippen LogP contribution in [-0.4, -0.2) is 96.7 Å². The van der Waals surface area contributed by atoms with Gasteiger partial charge in [-0.3, -0.25) is 37.3 Å². The van der Waals surface area contributed by atoms with Gasteiger partial charge in [0.15, 0.2) is 12.2 Å². The fourth-order valence-electron chi connectivity index (χ4n) is 10.6. The van der Waals surface area contributed by atoms with E-state index in [1.165, 1.54) is 148 Å². The van der Waals surface area contributed by atoms with Crippen LogP contribution in [0.4, 0.5) is 0 Å². The number of hydrogen-bond donors (Lipinski definition) is 3. The van der Waals surface area contributed by atoms with Crippen LogP contribution in [0.25, 0.3) is 0 Å². The van der Waals surface area contributed by atoms with Gasteiger partial charge in [0.1, 0.15) is 19.3 Å². The smallest absolute Gasteiger partial charge is 0.462 e. The average molecular weight is 1330 g/mol. The van der Waals surface area contributed by atoms with Gasteiger partial charge in [-0.05, 0) is 49.4 Å². The number of aliphatic hydroxyl groups excluding tert-OH is 1. The van der Waals surface area contributed by atoms with Crippen molar-refractivity contribution < 1.29 is 80.2 Å². The number of esters is 4. The lowest BCUT2D eigenvalue weighted by molar-refractivity contribution is -0.161. The Morgan fingerprint density at radius 1 is 0.311 bits per heavy atom. The Kier molecular flexibility index (Phi) is 59.4. The topological polar surface area (TPSA) is 237 Å². The van der Waals surface area contributed by atoms with E-state index >= 15 is 0 Å². The van der Waals surface area contributed by atoms with Gasteiger partial charge in [0, 0.05) is 25.7 Å². The van der Waals surface area contributed by atoms with E-state index in [-0.39, 0.29) is 25.7 Å². The molecule has 0 spiro atoms. The van der Waals surface area contributed by atoms with Gasteiger partial charge in [-0.25, -0.2) is 9.13 Å². The fraction of sp³-hybridized carbons (Fsp3) is 0.944. The Bertz CT molecular complexity index is 1790. The zero-order valence-electron chi connectivity index (χ0n) is 58.8. The molecule has 17 nitrogen and oxygen atoms in total. The number of ether oxygens (including phenoxy) is 4. The molecule has 90 heavy (non-hydrogen) atoms. The first-order valence-corrected chi connectivity index (χ1v) is 39.8. The minimum atomic E-state index is -4.95. The third kappa shape index (κ3) is 62.2. The first-order valence-electron chi connectivity index (χ1n) is 36.8. The van der Waals surface area contributed by atoms with Crippen LogP contribution in [-0.2, 0) is 65.4 Å². The Morgan fingerprint density at radius 2 is 0.533 bits per heavy atom. The molecule has 7 atom stereocenters. The number of phosphoric acid groups is 2. The van der Waals surface area contributed by atoms with Crippen molar-refractivity contribution in [1.29, 1.82) is 0 Å². The van der Waals surface area contributed by atoms with Crippen molar-refractivity contribution in [2.24, 2.45) is 23.7 Å². The normalized spacial score (nSPS) is 14.9. The van der Waals surface area contributed by atoms with Crippen molar-refractivity contribution in [3.8, 4) is 0 Å². The summed E-state index contributed by atoms with van der Waals surface area (Å²) in [5, 5.41) is 10.6. The van der Waals surface area contributed by atoms with E-state index in [2.05, 4.69) is 55.4 Å². The van der Waals surface area contributed by atoms with E-state index < -0.39 is 97.5 Å². The molecule has 0 bridgehead atoms. The molecule has 0 aromatic heterocycles. The van der Waals surface area contributed by atoms with Crippen molar-refractivity contribution >= 4 is 39.5 Å². The van der Waals surface area contributed by atoms with Crippen LogP contribution >= 0.6 is 15.6 Å². The zero-order chi connectivity index (χ0) is 66.8. The average Bonchev–Trinajstić information content (AvgIpc) is 3.63. The van der Waals surface area contributed by atoms with Gasteiger partial charge in [0.05, 0.1) is 26.4 Å². The molecule has 3 N–H and O–H groups in total. The molecule has 19 heteroatoms. The lowest BCUT2D eigenvalue weighted by Crippen LogP contribution is -2.30. The number of phosphoric ester groups is 2. The fourth-order valence-corrected chi connectivity index (χ4v) is 12.2. The molecular weight excluding hydrogens is 1190 g/mol. The van der Waals surface area contributed by atoms with Crippen LogP contribution in [0.1, 0.15) is 351 Å². The number of rotatable bonds is 68. The minimum absolute atomic E-state index is 0.102. The molecule has 0 rings (SSSR count). The summed E-state index contributed by atoms with van der Waals surface area (Å²) in [4.78, 5) is 72.6. The van der Waals surface area contributed by atoms with E-state index in [1.54, 1.807) is 0 Å². The standard InChI is InChI=1S/C71H138O17P2/c1-9-63(7)49-41-33-25-19-16-17-21-27-37-45-53-70(75)87-66(57-81-68(73)51-43-35-26-20-15-13-11-12-14-18-23-31-39-47-61(3)4)59-85-89(77,78)83-55-65(72)56-84-90(79,80)86-60-67(88-71(76)54-46-38-28-22-24-32-40-48-62(5)6)58-82-69(74)52-44-36-30-29-34-42-50-64(8)10-2/h61-67,72H,9-60H2,1-8H3,(H,77,78)(H,79,80)/t63?,64?,65-,66-,67-/m1/s1. The van der Waals surface area contributed by atoms with Crippen LogP contribution < -0.4 is 0 Å². The lowest BCUT2D eigenvalue weighted by atomic mass is 9.99. The molecule has 0 heterocycles. The van der Waals surface area contributed by atoms with Gasteiger partial charge in [-0.15, -0.1) is 0 Å². The van der Waals surface area contributed by atoms with Crippen LogP contribution in [0.15, 0.2) is 0 Å². The first-order chi connectivity index (χ1) is 43.2. The molecule has 0 aromatic rings. The third-order valence-corrected chi connectivity index (χ3v) is 18.9. The van der Waals surface area contributed by atoms with Crippen molar-refractivity contribution in [2.45, 2.75) is 369 Å². The molecule has 0 aromatic carbocycles. The van der Waals surface area contributed by atoms with Gasteiger partial charge in [-0.1, -0.05) is 299 Å². The zero-order valence-corrected chi connectivity index (χ0v) is 60.6. The largest absolute Gasteiger partial charge is 0.472 e. The van der Waals surface area contributed by atoms with E-state index in [1.807, 2.05) is 0 Å². The Hall–Kier alpha value is -1.94. The highest BCUT2D eigenvalue weighted by atomic mass is 31.2. The van der Waals surface area contributed by atoms with Gasteiger partial charge in [0.25, 0.3) is 0 Å². The molecule has 534 valence electrons. The highest BCUT2D eigenvalue weighted by molar-refractivity contribution is 7.47. The minimum Gasteiger partial charge on any atom is -0.462 e. The predicted octanol–water partition coefficient (Wildman–Crippen LogP) is 20.1. The number of hydrogen-bond acceptors (Lipinski definition) is 15. The van der Waals surface area contributed by atoms with Crippen LogP contribution in [0.5, 0.6) is 0 Å². The van der Waals surface area contributed by atoms with E-state index in [0.29, 0.717) is 31.6 Å². The maximum Gasteiger partial charge on any atom is 0.472 e. The highest BCUT2D eigenvalue weighted by Gasteiger charge is 2.30. The quantitative estimate of drug-likeness (QED) is 0.0222. The first kappa shape index (κ1) is 88.1. The molecule has 0 saturated carbocycles. The number of aliphatic hydroxyl groups is 1. The van der Waals surface area contributed by atoms with Gasteiger partial charge < -0.3 is 33.8 Å². The molecule has 0 aliphatic carbocycles. The third-order valence-electron chi connectivity index (χ3n) is 17.0. The van der Waals surface area contributed by atoms with Gasteiger partial charge >= 0.3 is 39.5 Å². The molecule has 4 unspecified atom stereocenters. The molecule has 0 aliphatic heterocycles.